The molecular weight excluding hydrogens is 346 g/mol. The summed E-state index contributed by atoms with van der Waals surface area (Å²) in [4.78, 5) is 4.57. The van der Waals surface area contributed by atoms with Crippen molar-refractivity contribution in [2.24, 2.45) is 0 Å². The van der Waals surface area contributed by atoms with Gasteiger partial charge in [0.1, 0.15) is 5.82 Å². The third kappa shape index (κ3) is 3.16. The van der Waals surface area contributed by atoms with Crippen molar-refractivity contribution in [3.63, 3.8) is 0 Å². The van der Waals surface area contributed by atoms with Crippen molar-refractivity contribution in [2.45, 2.75) is 32.3 Å². The number of nitrogens with zero attached hydrogens (tertiary/aromatic N) is 2. The second-order valence-corrected chi connectivity index (χ2v) is 7.63. The van der Waals surface area contributed by atoms with Crippen molar-refractivity contribution in [3.05, 3.63) is 83.7 Å². The molecule has 4 nitrogen and oxygen atoms in total. The Bertz CT molecular complexity index is 1160. The number of pyridine rings is 1. The second kappa shape index (κ2) is 6.80. The minimum Gasteiger partial charge on any atom is -0.392 e. The van der Waals surface area contributed by atoms with E-state index in [0.29, 0.717) is 5.92 Å². The molecule has 4 aromatic rings. The van der Waals surface area contributed by atoms with Crippen LogP contribution in [0.3, 0.4) is 0 Å². The van der Waals surface area contributed by atoms with Gasteiger partial charge in [0.25, 0.3) is 0 Å². The lowest BCUT2D eigenvalue weighted by molar-refractivity contribution is 0.282. The zero-order valence-corrected chi connectivity index (χ0v) is 15.9. The lowest BCUT2D eigenvalue weighted by Crippen LogP contribution is -2.01. The fraction of sp³-hybridized carbons (Fsp3) is 0.208. The Kier molecular flexibility index (Phi) is 4.14. The normalized spacial score (nSPS) is 13.8. The van der Waals surface area contributed by atoms with Gasteiger partial charge >= 0.3 is 0 Å². The molecule has 2 aromatic carbocycles. The number of aliphatic hydroxyl groups excluding tert-OH is 1. The topological polar surface area (TPSA) is 50.1 Å². The van der Waals surface area contributed by atoms with Gasteiger partial charge in [-0.3, -0.25) is 0 Å². The van der Waals surface area contributed by atoms with Gasteiger partial charge < -0.3 is 15.0 Å². The molecule has 0 bridgehead atoms. The van der Waals surface area contributed by atoms with Gasteiger partial charge in [-0.25, -0.2) is 4.98 Å². The number of aliphatic hydroxyl groups is 1. The number of rotatable bonds is 5. The summed E-state index contributed by atoms with van der Waals surface area (Å²) in [7, 11) is 0. The van der Waals surface area contributed by atoms with Crippen LogP contribution >= 0.6 is 0 Å². The first-order chi connectivity index (χ1) is 13.7. The molecule has 0 aliphatic heterocycles. The fourth-order valence-corrected chi connectivity index (χ4v) is 3.76. The summed E-state index contributed by atoms with van der Waals surface area (Å²) in [6.45, 7) is 2.10. The van der Waals surface area contributed by atoms with Crippen LogP contribution in [0.1, 0.15) is 35.4 Å². The van der Waals surface area contributed by atoms with Gasteiger partial charge in [0.05, 0.1) is 12.1 Å². The molecule has 2 aromatic heterocycles. The summed E-state index contributed by atoms with van der Waals surface area (Å²) >= 11 is 0. The molecule has 2 heterocycles. The average molecular weight is 369 g/mol. The first-order valence-electron chi connectivity index (χ1n) is 9.76. The van der Waals surface area contributed by atoms with E-state index in [2.05, 4.69) is 82.6 Å². The standard InChI is InChI=1S/C24H23N3O/c1-16-3-2-4-22(11-16)27-10-9-18-13-21(7-8-23(18)27)26-24-20(15-28)12-19(14-25-24)17-5-6-17/h2-4,7-14,17,28H,5-6,15H2,1H3,(H,25,26). The van der Waals surface area contributed by atoms with E-state index in [4.69, 9.17) is 0 Å². The van der Waals surface area contributed by atoms with Gasteiger partial charge in [0, 0.05) is 34.7 Å². The minimum absolute atomic E-state index is 0.0120. The molecule has 140 valence electrons. The highest BCUT2D eigenvalue weighted by Crippen LogP contribution is 2.40. The first kappa shape index (κ1) is 17.0. The van der Waals surface area contributed by atoms with E-state index in [0.717, 1.165) is 33.7 Å². The van der Waals surface area contributed by atoms with E-state index in [1.807, 2.05) is 6.20 Å². The molecule has 0 amide bonds. The SMILES string of the molecule is Cc1cccc(-n2ccc3cc(Nc4ncc(C5CC5)cc4CO)ccc32)c1. The highest BCUT2D eigenvalue weighted by Gasteiger charge is 2.24. The Balaban J connectivity index is 1.46. The smallest absolute Gasteiger partial charge is 0.135 e. The maximum absolute atomic E-state index is 9.76. The fourth-order valence-electron chi connectivity index (χ4n) is 3.76. The Morgan fingerprint density at radius 2 is 2.00 bits per heavy atom. The number of nitrogens with one attached hydrogen (secondary N) is 1. The Morgan fingerprint density at radius 3 is 2.79 bits per heavy atom. The van der Waals surface area contributed by atoms with Gasteiger partial charge in [0.15, 0.2) is 0 Å². The van der Waals surface area contributed by atoms with Gasteiger partial charge in [-0.05, 0) is 79.3 Å². The molecule has 5 rings (SSSR count). The molecule has 1 saturated carbocycles. The summed E-state index contributed by atoms with van der Waals surface area (Å²) in [5, 5.41) is 14.3. The first-order valence-corrected chi connectivity index (χ1v) is 9.76. The number of benzene rings is 2. The van der Waals surface area contributed by atoms with Crippen molar-refractivity contribution in [1.82, 2.24) is 9.55 Å². The van der Waals surface area contributed by atoms with Crippen LogP contribution in [0.5, 0.6) is 0 Å². The number of aryl methyl sites for hydroxylation is 1. The van der Waals surface area contributed by atoms with E-state index in [-0.39, 0.29) is 6.61 Å². The molecular formula is C24H23N3O. The zero-order valence-electron chi connectivity index (χ0n) is 15.9. The molecule has 0 atom stereocenters. The van der Waals surface area contributed by atoms with Gasteiger partial charge in [0.2, 0.25) is 0 Å². The number of anilines is 2. The molecule has 28 heavy (non-hydrogen) atoms. The van der Waals surface area contributed by atoms with Crippen LogP contribution in [0.4, 0.5) is 11.5 Å². The molecule has 0 spiro atoms. The molecule has 1 aliphatic carbocycles. The highest BCUT2D eigenvalue weighted by atomic mass is 16.3. The Hall–Kier alpha value is -3.11. The molecule has 0 radical (unpaired) electrons. The molecule has 1 fully saturated rings. The summed E-state index contributed by atoms with van der Waals surface area (Å²) in [6.07, 6.45) is 6.50. The number of hydrogen-bond donors (Lipinski definition) is 2. The van der Waals surface area contributed by atoms with Gasteiger partial charge in [-0.1, -0.05) is 12.1 Å². The summed E-state index contributed by atoms with van der Waals surface area (Å²) < 4.78 is 2.20. The van der Waals surface area contributed by atoms with Crippen molar-refractivity contribution in [1.29, 1.82) is 0 Å². The summed E-state index contributed by atoms with van der Waals surface area (Å²) in [5.41, 5.74) is 6.62. The van der Waals surface area contributed by atoms with Crippen LogP contribution in [0, 0.1) is 6.92 Å². The van der Waals surface area contributed by atoms with Gasteiger partial charge in [-0.2, -0.15) is 0 Å². The highest BCUT2D eigenvalue weighted by molar-refractivity contribution is 5.86. The minimum atomic E-state index is -0.0120. The Morgan fingerprint density at radius 1 is 1.11 bits per heavy atom. The predicted molar refractivity (Wildman–Crippen MR) is 113 cm³/mol. The van der Waals surface area contributed by atoms with Crippen LogP contribution < -0.4 is 5.32 Å². The monoisotopic (exact) mass is 369 g/mol. The summed E-state index contributed by atoms with van der Waals surface area (Å²) in [6, 6.07) is 19.0. The van der Waals surface area contributed by atoms with Crippen molar-refractivity contribution >= 4 is 22.4 Å². The van der Waals surface area contributed by atoms with Crippen molar-refractivity contribution in [3.8, 4) is 5.69 Å². The van der Waals surface area contributed by atoms with Crippen LogP contribution in [0.25, 0.3) is 16.6 Å². The maximum Gasteiger partial charge on any atom is 0.135 e. The van der Waals surface area contributed by atoms with E-state index in [1.54, 1.807) is 0 Å². The number of aromatic nitrogens is 2. The van der Waals surface area contributed by atoms with E-state index in [1.165, 1.54) is 24.0 Å². The zero-order chi connectivity index (χ0) is 19.1. The lowest BCUT2D eigenvalue weighted by Gasteiger charge is -2.12. The molecule has 0 saturated heterocycles. The molecule has 2 N–H and O–H groups in total. The number of hydrogen-bond acceptors (Lipinski definition) is 3. The van der Waals surface area contributed by atoms with Crippen LogP contribution in [0.15, 0.2) is 67.0 Å². The third-order valence-electron chi connectivity index (χ3n) is 5.44. The van der Waals surface area contributed by atoms with Gasteiger partial charge in [-0.15, -0.1) is 0 Å². The van der Waals surface area contributed by atoms with E-state index in [9.17, 15) is 5.11 Å². The third-order valence-corrected chi connectivity index (χ3v) is 5.44. The lowest BCUT2D eigenvalue weighted by atomic mass is 10.1. The van der Waals surface area contributed by atoms with Crippen LogP contribution in [-0.2, 0) is 6.61 Å². The average Bonchev–Trinajstić information content (AvgIpc) is 3.47. The molecule has 4 heteroatoms. The second-order valence-electron chi connectivity index (χ2n) is 7.63. The molecule has 1 aliphatic rings. The number of fused-ring (bicyclic) bond motifs is 1. The molecule has 0 unspecified atom stereocenters. The van der Waals surface area contributed by atoms with Crippen LogP contribution in [0.2, 0.25) is 0 Å². The quantitative estimate of drug-likeness (QED) is 0.492. The van der Waals surface area contributed by atoms with Crippen molar-refractivity contribution in [2.75, 3.05) is 5.32 Å². The van der Waals surface area contributed by atoms with Crippen LogP contribution in [-0.4, -0.2) is 14.7 Å². The Labute approximate surface area is 164 Å². The summed E-state index contributed by atoms with van der Waals surface area (Å²) in [5.74, 6) is 1.36. The largest absolute Gasteiger partial charge is 0.392 e. The van der Waals surface area contributed by atoms with E-state index >= 15 is 0 Å². The van der Waals surface area contributed by atoms with E-state index < -0.39 is 0 Å². The van der Waals surface area contributed by atoms with Crippen molar-refractivity contribution < 1.29 is 5.11 Å². The predicted octanol–water partition coefficient (Wildman–Crippen LogP) is 5.45. The maximum atomic E-state index is 9.76.